The van der Waals surface area contributed by atoms with Crippen molar-refractivity contribution in [2.45, 2.75) is 84.3 Å². The summed E-state index contributed by atoms with van der Waals surface area (Å²) in [5.74, 6) is 0.663. The molecule has 0 aliphatic rings. The number of nitrogens with zero attached hydrogens (tertiary/aromatic N) is 2. The Kier molecular flexibility index (Phi) is 21.9. The van der Waals surface area contributed by atoms with Gasteiger partial charge in [0.25, 0.3) is 30.1 Å². The minimum Gasteiger partial charge on any atom is -0.491 e. The zero-order valence-corrected chi connectivity index (χ0v) is 51.1. The molecule has 0 saturated carbocycles. The van der Waals surface area contributed by atoms with Crippen molar-refractivity contribution in [1.29, 1.82) is 0 Å². The third kappa shape index (κ3) is 18.0. The molecule has 0 aliphatic heterocycles. The van der Waals surface area contributed by atoms with E-state index in [-0.39, 0.29) is 61.0 Å². The number of pyridine rings is 2. The first-order chi connectivity index (χ1) is 40.0. The largest absolute Gasteiger partial charge is 0.491 e. The van der Waals surface area contributed by atoms with Gasteiger partial charge >= 0.3 is 0 Å². The van der Waals surface area contributed by atoms with E-state index in [1.807, 2.05) is 64.1 Å². The number of aromatic nitrogens is 2. The average molecular weight is 1250 g/mol. The lowest BCUT2D eigenvalue weighted by Crippen LogP contribution is -2.16. The van der Waals surface area contributed by atoms with Crippen molar-refractivity contribution >= 4 is 93.7 Å². The Balaban J connectivity index is 0.000000181. The maximum Gasteiger partial charge on any atom is 0.263 e. The number of rotatable bonds is 20. The van der Waals surface area contributed by atoms with Crippen LogP contribution in [-0.4, -0.2) is 59.0 Å². The Morgan fingerprint density at radius 1 is 0.464 bits per heavy atom. The van der Waals surface area contributed by atoms with Crippen molar-refractivity contribution < 1.29 is 44.3 Å². The van der Waals surface area contributed by atoms with E-state index in [4.69, 9.17) is 32.7 Å². The van der Waals surface area contributed by atoms with Crippen molar-refractivity contribution in [3.05, 3.63) is 250 Å². The van der Waals surface area contributed by atoms with Gasteiger partial charge in [0.15, 0.2) is 11.6 Å². The number of anilines is 3. The van der Waals surface area contributed by atoms with Crippen molar-refractivity contribution in [3.8, 4) is 11.6 Å². The Labute approximate surface area is 505 Å². The van der Waals surface area contributed by atoms with Crippen molar-refractivity contribution in [2.24, 2.45) is 0 Å². The summed E-state index contributed by atoms with van der Waals surface area (Å²) in [4.78, 5) is 34.9. The number of ketones is 2. The number of benzene rings is 7. The number of carbonyl (C=O) groups is 2. The minimum atomic E-state index is -3.97. The third-order valence-corrected chi connectivity index (χ3v) is 17.3. The Morgan fingerprint density at radius 3 is 1.48 bits per heavy atom. The quantitative estimate of drug-likeness (QED) is 0.0606. The van der Waals surface area contributed by atoms with E-state index in [0.717, 1.165) is 10.6 Å². The molecule has 84 heavy (non-hydrogen) atoms. The number of hydrogen-bond donors (Lipinski definition) is 3. The van der Waals surface area contributed by atoms with E-state index in [0.29, 0.717) is 49.3 Å². The molecule has 434 valence electrons. The summed E-state index contributed by atoms with van der Waals surface area (Å²) in [5, 5.41) is 1.60. The van der Waals surface area contributed by atoms with Crippen LogP contribution in [-0.2, 0) is 30.1 Å². The summed E-state index contributed by atoms with van der Waals surface area (Å²) in [6, 6.07) is 54.8. The molecule has 0 atom stereocenters. The molecular weight excluding hydrogens is 1190 g/mol. The van der Waals surface area contributed by atoms with Gasteiger partial charge in [0.1, 0.15) is 15.7 Å². The van der Waals surface area contributed by atoms with Crippen LogP contribution in [0.15, 0.2) is 237 Å². The van der Waals surface area contributed by atoms with Gasteiger partial charge < -0.3 is 9.47 Å². The van der Waals surface area contributed by atoms with Gasteiger partial charge in [-0.1, -0.05) is 140 Å². The van der Waals surface area contributed by atoms with Crippen LogP contribution < -0.4 is 23.6 Å². The molecule has 15 nitrogen and oxygen atoms in total. The second-order valence-corrected chi connectivity index (χ2v) is 26.2. The van der Waals surface area contributed by atoms with Crippen LogP contribution in [0, 0.1) is 0 Å². The molecule has 2 aromatic heterocycles. The average Bonchev–Trinajstić information content (AvgIpc) is 3.67. The van der Waals surface area contributed by atoms with Crippen LogP contribution >= 0.6 is 35.0 Å². The summed E-state index contributed by atoms with van der Waals surface area (Å²) in [7, 11) is -11.5. The molecular formula is C63H59Cl2N5O10S4. The van der Waals surface area contributed by atoms with Gasteiger partial charge in [-0.25, -0.2) is 35.2 Å². The highest BCUT2D eigenvalue weighted by molar-refractivity contribution is 7.99. The van der Waals surface area contributed by atoms with E-state index in [2.05, 4.69) is 38.0 Å². The second kappa shape index (κ2) is 29.0. The highest BCUT2D eigenvalue weighted by Crippen LogP contribution is 2.36. The molecule has 0 radical (unpaired) electrons. The first kappa shape index (κ1) is 63.5. The van der Waals surface area contributed by atoms with Gasteiger partial charge in [0.05, 0.1) is 45.3 Å². The predicted molar refractivity (Wildman–Crippen MR) is 333 cm³/mol. The van der Waals surface area contributed by atoms with Crippen LogP contribution in [0.2, 0.25) is 10.0 Å². The molecule has 7 aromatic carbocycles. The first-order valence-electron chi connectivity index (χ1n) is 26.0. The molecule has 0 spiro atoms. The molecule has 2 heterocycles. The normalized spacial score (nSPS) is 11.4. The lowest BCUT2D eigenvalue weighted by Gasteiger charge is -2.13. The zero-order chi connectivity index (χ0) is 60.6. The summed E-state index contributed by atoms with van der Waals surface area (Å²) >= 11 is 13.5. The second-order valence-electron chi connectivity index (χ2n) is 19.2. The van der Waals surface area contributed by atoms with Crippen LogP contribution in [0.1, 0.15) is 84.9 Å². The molecule has 21 heteroatoms. The van der Waals surface area contributed by atoms with Crippen LogP contribution in [0.3, 0.4) is 0 Å². The number of ether oxygens (including phenoxy) is 2. The predicted octanol–water partition coefficient (Wildman–Crippen LogP) is 14.9. The van der Waals surface area contributed by atoms with E-state index >= 15 is 0 Å². The molecule has 9 rings (SSSR count). The van der Waals surface area contributed by atoms with Crippen molar-refractivity contribution in [1.82, 2.24) is 9.97 Å². The van der Waals surface area contributed by atoms with Gasteiger partial charge in [-0.2, -0.15) is 0 Å². The van der Waals surface area contributed by atoms with Crippen LogP contribution in [0.5, 0.6) is 11.6 Å². The highest BCUT2D eigenvalue weighted by atomic mass is 35.5. The molecule has 0 bridgehead atoms. The number of sulfonamides is 3. The van der Waals surface area contributed by atoms with Crippen LogP contribution in [0.4, 0.5) is 17.1 Å². The fourth-order valence-electron chi connectivity index (χ4n) is 7.69. The van der Waals surface area contributed by atoms with E-state index in [1.165, 1.54) is 60.4 Å². The minimum absolute atomic E-state index is 0.00328. The Hall–Kier alpha value is -8.04. The topological polar surface area (TPSA) is 217 Å². The van der Waals surface area contributed by atoms with E-state index < -0.39 is 30.1 Å². The fourth-order valence-corrected chi connectivity index (χ4v) is 12.2. The van der Waals surface area contributed by atoms with Gasteiger partial charge in [0, 0.05) is 49.5 Å². The number of para-hydroxylation sites is 1. The molecule has 3 N–H and O–H groups in total. The van der Waals surface area contributed by atoms with Crippen LogP contribution in [0.25, 0.3) is 0 Å². The maximum absolute atomic E-state index is 12.9. The summed E-state index contributed by atoms with van der Waals surface area (Å²) < 4.78 is 95.4. The SMILES string of the molecule is CC(C)Oc1ccc(S(=O)(=O)Nc2ccc(Cl)cc2C(=O)c2ccccc2)cn1.CC(C)Oc1ccc(S(=O)(=O)Nc2ccccc2C(=O)c2ccccc2)cc1.CC(C)c1ccc(S(=O)(=O)Nc2ccc(Cl)cc2Sc2ccccn2)cc1. The van der Waals surface area contributed by atoms with Crippen molar-refractivity contribution in [2.75, 3.05) is 14.2 Å². The fraction of sp³-hybridized carbons (Fsp3) is 0.143. The summed E-state index contributed by atoms with van der Waals surface area (Å²) in [6.45, 7) is 11.6. The smallest absolute Gasteiger partial charge is 0.263 e. The molecule has 0 aliphatic carbocycles. The lowest BCUT2D eigenvalue weighted by atomic mass is 10.0. The molecule has 0 amide bonds. The van der Waals surface area contributed by atoms with Crippen molar-refractivity contribution in [3.63, 3.8) is 0 Å². The highest BCUT2D eigenvalue weighted by Gasteiger charge is 2.23. The summed E-state index contributed by atoms with van der Waals surface area (Å²) in [5.41, 5.74) is 3.27. The van der Waals surface area contributed by atoms with Gasteiger partial charge in [-0.3, -0.25) is 23.8 Å². The van der Waals surface area contributed by atoms with E-state index in [9.17, 15) is 34.8 Å². The maximum atomic E-state index is 12.9. The first-order valence-corrected chi connectivity index (χ1v) is 32.0. The number of carbonyl (C=O) groups excluding carboxylic acids is 2. The molecule has 0 unspecified atom stereocenters. The lowest BCUT2D eigenvalue weighted by molar-refractivity contribution is 0.103. The van der Waals surface area contributed by atoms with E-state index in [1.54, 1.807) is 128 Å². The third-order valence-electron chi connectivity index (χ3n) is 11.7. The Bertz CT molecular complexity index is 4040. The Morgan fingerprint density at radius 2 is 0.940 bits per heavy atom. The molecule has 0 fully saturated rings. The molecule has 0 saturated heterocycles. The van der Waals surface area contributed by atoms with Gasteiger partial charge in [-0.05, 0) is 142 Å². The summed E-state index contributed by atoms with van der Waals surface area (Å²) in [6.07, 6.45) is 2.81. The number of nitrogens with one attached hydrogen (secondary N) is 3. The van der Waals surface area contributed by atoms with Gasteiger partial charge in [0.2, 0.25) is 5.88 Å². The number of hydrogen-bond acceptors (Lipinski definition) is 13. The standard InChI is InChI=1S/C22H21NO4S.C21H19ClN2O4S.C20H19ClN2O2S2/c1-16(2)27-18-12-14-19(15-13-18)28(25,26)23-21-11-7-6-10-20(21)22(24)17-8-4-3-5-9-17;1-14(2)28-20-11-9-17(13-23-20)29(26,27)24-19-10-8-16(22)12-18(19)21(25)15-6-4-3-5-7-15;1-14(2)15-6-9-17(10-7-15)27(24,25)23-18-11-8-16(21)13-19(18)26-20-5-3-4-12-22-20/h3-16,23H,1-2H3;3-14,24H,1-2H3;3-14,23H,1-2H3. The zero-order valence-electron chi connectivity index (χ0n) is 46.3. The molecule has 9 aromatic rings. The van der Waals surface area contributed by atoms with Gasteiger partial charge in [-0.15, -0.1) is 0 Å². The number of halogens is 2. The monoisotopic (exact) mass is 1240 g/mol.